The summed E-state index contributed by atoms with van der Waals surface area (Å²) in [5, 5.41) is 9.95. The molecule has 0 bridgehead atoms. The molecule has 8 nitrogen and oxygen atoms in total. The van der Waals surface area contributed by atoms with Gasteiger partial charge in [0.05, 0.1) is 34.1 Å². The maximum atomic E-state index is 5.93. The van der Waals surface area contributed by atoms with Crippen molar-refractivity contribution in [3.05, 3.63) is 60.7 Å². The quantitative estimate of drug-likeness (QED) is 0.373. The zero-order chi connectivity index (χ0) is 24.0. The number of aromatic nitrogens is 5. The topological polar surface area (TPSA) is 79.0 Å². The third-order valence-corrected chi connectivity index (χ3v) is 6.56. The van der Waals surface area contributed by atoms with Crippen LogP contribution in [0.5, 0.6) is 0 Å². The molecule has 34 heavy (non-hydrogen) atoms. The molecule has 9 heteroatoms. The first-order valence-electron chi connectivity index (χ1n) is 11.6. The number of para-hydroxylation sites is 1. The highest BCUT2D eigenvalue weighted by Crippen LogP contribution is 2.36. The Morgan fingerprint density at radius 3 is 2.71 bits per heavy atom. The fourth-order valence-corrected chi connectivity index (χ4v) is 4.70. The van der Waals surface area contributed by atoms with E-state index in [0.29, 0.717) is 13.2 Å². The van der Waals surface area contributed by atoms with Crippen LogP contribution in [0.3, 0.4) is 0 Å². The molecule has 1 aromatic carbocycles. The van der Waals surface area contributed by atoms with E-state index in [4.69, 9.17) is 9.47 Å². The van der Waals surface area contributed by atoms with E-state index >= 15 is 0 Å². The van der Waals surface area contributed by atoms with Gasteiger partial charge in [-0.2, -0.15) is 10.2 Å². The minimum absolute atomic E-state index is 0.329. The highest BCUT2D eigenvalue weighted by Gasteiger charge is 2.34. The van der Waals surface area contributed by atoms with Crippen LogP contribution in [0.4, 0.5) is 5.69 Å². The molecule has 0 aliphatic carbocycles. The molecule has 0 atom stereocenters. The maximum absolute atomic E-state index is 5.93. The van der Waals surface area contributed by atoms with E-state index in [0.717, 1.165) is 45.7 Å². The van der Waals surface area contributed by atoms with Gasteiger partial charge in [0.2, 0.25) is 0 Å². The summed E-state index contributed by atoms with van der Waals surface area (Å²) in [6.07, 6.45) is 10.4. The number of rotatable bonds is 6. The summed E-state index contributed by atoms with van der Waals surface area (Å²) in [6, 6.07) is 10.2. The summed E-state index contributed by atoms with van der Waals surface area (Å²) in [6.45, 7) is 5.65. The number of nitrogens with zero attached hydrogens (tertiary/aromatic N) is 5. The first kappa shape index (κ1) is 24.3. The fraction of sp³-hybridized carbons (Fsp3) is 0.400. The lowest BCUT2D eigenvalue weighted by molar-refractivity contribution is -0.0948. The van der Waals surface area contributed by atoms with Gasteiger partial charge in [0.25, 0.3) is 0 Å². The Labute approximate surface area is 204 Å². The number of anilines is 1. The molecule has 180 valence electrons. The Morgan fingerprint density at radius 2 is 1.94 bits per heavy atom. The summed E-state index contributed by atoms with van der Waals surface area (Å²) in [7, 11) is 3.71. The van der Waals surface area contributed by atoms with Crippen molar-refractivity contribution in [1.82, 2.24) is 24.5 Å². The normalized spacial score (nSPS) is 15.1. The average Bonchev–Trinajstić information content (AvgIpc) is 3.51. The molecule has 0 amide bonds. The van der Waals surface area contributed by atoms with Crippen molar-refractivity contribution in [3.8, 4) is 5.82 Å². The lowest BCUT2D eigenvalue weighted by Crippen LogP contribution is -2.35. The molecule has 1 N–H and O–H groups in total. The zero-order valence-electron chi connectivity index (χ0n) is 20.2. The minimum Gasteiger partial charge on any atom is -0.381 e. The lowest BCUT2D eigenvalue weighted by Gasteiger charge is -2.36. The van der Waals surface area contributed by atoms with Crippen molar-refractivity contribution in [2.45, 2.75) is 43.6 Å². The second kappa shape index (κ2) is 11.0. The van der Waals surface area contributed by atoms with Crippen molar-refractivity contribution in [3.63, 3.8) is 0 Å². The average molecular weight is 481 g/mol. The number of hydrogen-bond donors (Lipinski definition) is 1. The molecule has 1 saturated heterocycles. The fourth-order valence-electron chi connectivity index (χ4n) is 4.05. The summed E-state index contributed by atoms with van der Waals surface area (Å²) >= 11 is 1.51. The predicted molar refractivity (Wildman–Crippen MR) is 136 cm³/mol. The van der Waals surface area contributed by atoms with E-state index in [2.05, 4.69) is 45.9 Å². The van der Waals surface area contributed by atoms with Crippen LogP contribution in [-0.4, -0.2) is 44.9 Å². The number of methoxy groups -OCH3 is 1. The van der Waals surface area contributed by atoms with Gasteiger partial charge in [0.1, 0.15) is 0 Å². The predicted octanol–water partition coefficient (Wildman–Crippen LogP) is 5.34. The molecule has 0 saturated carbocycles. The number of hydrogen-bond acceptors (Lipinski definition) is 7. The summed E-state index contributed by atoms with van der Waals surface area (Å²) in [5.41, 5.74) is 2.85. The van der Waals surface area contributed by atoms with E-state index in [1.807, 2.05) is 54.7 Å². The van der Waals surface area contributed by atoms with Gasteiger partial charge < -0.3 is 14.2 Å². The van der Waals surface area contributed by atoms with Crippen molar-refractivity contribution in [2.24, 2.45) is 7.05 Å². The third-order valence-electron chi connectivity index (χ3n) is 5.80. The van der Waals surface area contributed by atoms with Crippen LogP contribution in [0.15, 0.2) is 60.0 Å². The molecule has 0 unspecified atom stereocenters. The van der Waals surface area contributed by atoms with E-state index < -0.39 is 0 Å². The van der Waals surface area contributed by atoms with Crippen LogP contribution in [0, 0.1) is 0 Å². The van der Waals surface area contributed by atoms with E-state index in [1.165, 1.54) is 18.4 Å². The molecular formula is C25H32N6O2S. The van der Waals surface area contributed by atoms with Crippen molar-refractivity contribution >= 4 is 28.5 Å². The largest absolute Gasteiger partial charge is 0.381 e. The molecule has 3 aromatic heterocycles. The second-order valence-corrected chi connectivity index (χ2v) is 9.14. The number of fused-ring (bicyclic) bond motifs is 1. The van der Waals surface area contributed by atoms with Gasteiger partial charge in [-0.3, -0.25) is 4.68 Å². The van der Waals surface area contributed by atoms with Crippen molar-refractivity contribution < 1.29 is 9.47 Å². The summed E-state index contributed by atoms with van der Waals surface area (Å²) in [5.74, 6) is 0.765. The van der Waals surface area contributed by atoms with Crippen molar-refractivity contribution in [2.75, 3.05) is 25.0 Å². The van der Waals surface area contributed by atoms with Crippen LogP contribution in [0.1, 0.15) is 38.7 Å². The molecule has 5 rings (SSSR count). The Morgan fingerprint density at radius 1 is 1.15 bits per heavy atom. The Hall–Kier alpha value is -2.88. The van der Waals surface area contributed by atoms with Gasteiger partial charge in [-0.25, -0.2) is 9.67 Å². The Balaban J connectivity index is 0.000000868. The Kier molecular flexibility index (Phi) is 7.87. The van der Waals surface area contributed by atoms with Gasteiger partial charge in [0, 0.05) is 58.0 Å². The lowest BCUT2D eigenvalue weighted by atomic mass is 9.86. The van der Waals surface area contributed by atoms with Gasteiger partial charge in [-0.05, 0) is 35.7 Å². The van der Waals surface area contributed by atoms with Crippen LogP contribution in [0.25, 0.3) is 16.7 Å². The smallest absolute Gasteiger partial charge is 0.153 e. The molecular weight excluding hydrogens is 448 g/mol. The minimum atomic E-state index is -0.329. The standard InChI is InChI=1S/C22H24N6O2S.C3H8/c1-27-21-16(13-24-27)4-3-5-19(21)26-31-18-14-25-28(15-18)20-12-17(6-9-23-20)22(29-2)7-10-30-11-8-22;1-3-2/h3-6,9,12-15,26H,7-8,10-11H2,1-2H3;3H2,1-2H3. The molecule has 4 aromatic rings. The highest BCUT2D eigenvalue weighted by atomic mass is 32.2. The summed E-state index contributed by atoms with van der Waals surface area (Å²) in [4.78, 5) is 5.50. The van der Waals surface area contributed by atoms with Gasteiger partial charge in [-0.15, -0.1) is 0 Å². The van der Waals surface area contributed by atoms with Crippen LogP contribution in [-0.2, 0) is 22.1 Å². The number of nitrogens with one attached hydrogen (secondary N) is 1. The molecule has 0 spiro atoms. The van der Waals surface area contributed by atoms with Crippen LogP contribution >= 0.6 is 11.9 Å². The molecule has 1 aliphatic heterocycles. The first-order valence-corrected chi connectivity index (χ1v) is 12.4. The number of benzene rings is 1. The third kappa shape index (κ3) is 5.11. The van der Waals surface area contributed by atoms with E-state index in [9.17, 15) is 0 Å². The monoisotopic (exact) mass is 480 g/mol. The summed E-state index contributed by atoms with van der Waals surface area (Å²) < 4.78 is 18.5. The first-order chi connectivity index (χ1) is 16.6. The van der Waals surface area contributed by atoms with Crippen LogP contribution in [0.2, 0.25) is 0 Å². The van der Waals surface area contributed by atoms with E-state index in [1.54, 1.807) is 11.8 Å². The van der Waals surface area contributed by atoms with Crippen molar-refractivity contribution in [1.29, 1.82) is 0 Å². The number of aryl methyl sites for hydroxylation is 1. The number of pyridine rings is 1. The van der Waals surface area contributed by atoms with Gasteiger partial charge in [0.15, 0.2) is 5.82 Å². The zero-order valence-corrected chi connectivity index (χ0v) is 21.0. The van der Waals surface area contributed by atoms with Crippen LogP contribution < -0.4 is 4.72 Å². The maximum Gasteiger partial charge on any atom is 0.153 e. The van der Waals surface area contributed by atoms with Gasteiger partial charge in [-0.1, -0.05) is 32.4 Å². The Bertz CT molecular complexity index is 1220. The second-order valence-electron chi connectivity index (χ2n) is 8.26. The highest BCUT2D eigenvalue weighted by molar-refractivity contribution is 8.00. The molecule has 1 aliphatic rings. The van der Waals surface area contributed by atoms with Gasteiger partial charge >= 0.3 is 0 Å². The molecule has 0 radical (unpaired) electrons. The molecule has 1 fully saturated rings. The molecule has 4 heterocycles. The number of ether oxygens (including phenoxy) is 2. The SMILES string of the molecule is CCC.COC1(c2ccnc(-n3cc(SNc4cccc5cnn(C)c45)cn3)c2)CCOCC1. The van der Waals surface area contributed by atoms with E-state index in [-0.39, 0.29) is 5.60 Å².